The number of halogens is 1. The van der Waals surface area contributed by atoms with Crippen LogP contribution in [0.1, 0.15) is 31.2 Å². The zero-order valence-corrected chi connectivity index (χ0v) is 10.2. The van der Waals surface area contributed by atoms with Crippen molar-refractivity contribution in [2.24, 2.45) is 0 Å². The molecule has 2 bridgehead atoms. The molecule has 1 aromatic heterocycles. The van der Waals surface area contributed by atoms with Crippen LogP contribution in [-0.2, 0) is 5.41 Å². The van der Waals surface area contributed by atoms with Crippen LogP contribution in [0.5, 0.6) is 0 Å². The maximum Gasteiger partial charge on any atom is 0.129 e. The second-order valence-electron chi connectivity index (χ2n) is 5.13. The van der Waals surface area contributed by atoms with E-state index in [1.807, 2.05) is 12.3 Å². The highest BCUT2D eigenvalue weighted by Crippen LogP contribution is 2.40. The molecule has 2 saturated heterocycles. The average molecular weight is 237 g/mol. The maximum atomic E-state index is 5.86. The van der Waals surface area contributed by atoms with E-state index in [4.69, 9.17) is 11.6 Å². The standard InChI is InChI=1S/C13H17ClN2/c14-12-4-3-11(9-15-12)13-5-1-7-16(10-13)8-2-6-13/h3-4,9H,1-2,5-8,10H2. The van der Waals surface area contributed by atoms with Gasteiger partial charge in [0.25, 0.3) is 0 Å². The predicted molar refractivity (Wildman–Crippen MR) is 65.8 cm³/mol. The second kappa shape index (κ2) is 4.01. The molecule has 3 rings (SSSR count). The van der Waals surface area contributed by atoms with Gasteiger partial charge in [-0.3, -0.25) is 0 Å². The highest BCUT2D eigenvalue weighted by molar-refractivity contribution is 6.29. The Balaban J connectivity index is 1.93. The number of hydrogen-bond acceptors (Lipinski definition) is 2. The quantitative estimate of drug-likeness (QED) is 0.697. The smallest absolute Gasteiger partial charge is 0.129 e. The Bertz CT molecular complexity index is 364. The lowest BCUT2D eigenvalue weighted by molar-refractivity contribution is 0.0940. The molecule has 2 fully saturated rings. The molecule has 2 nitrogen and oxygen atoms in total. The molecule has 0 N–H and O–H groups in total. The molecule has 86 valence electrons. The normalized spacial score (nSPS) is 33.7. The highest BCUT2D eigenvalue weighted by atomic mass is 35.5. The summed E-state index contributed by atoms with van der Waals surface area (Å²) in [7, 11) is 0. The van der Waals surface area contributed by atoms with Gasteiger partial charge in [-0.1, -0.05) is 17.7 Å². The Morgan fingerprint density at radius 1 is 1.19 bits per heavy atom. The van der Waals surface area contributed by atoms with Crippen LogP contribution in [0, 0.1) is 0 Å². The van der Waals surface area contributed by atoms with E-state index in [9.17, 15) is 0 Å². The van der Waals surface area contributed by atoms with E-state index >= 15 is 0 Å². The Morgan fingerprint density at radius 2 is 1.94 bits per heavy atom. The van der Waals surface area contributed by atoms with Crippen LogP contribution in [0.25, 0.3) is 0 Å². The first-order chi connectivity index (χ1) is 7.78. The van der Waals surface area contributed by atoms with Gasteiger partial charge in [0.15, 0.2) is 0 Å². The molecule has 0 radical (unpaired) electrons. The molecule has 0 saturated carbocycles. The van der Waals surface area contributed by atoms with E-state index < -0.39 is 0 Å². The van der Waals surface area contributed by atoms with Gasteiger partial charge in [0.2, 0.25) is 0 Å². The van der Waals surface area contributed by atoms with Gasteiger partial charge in [0, 0.05) is 18.2 Å². The number of nitrogens with zero attached hydrogens (tertiary/aromatic N) is 2. The molecule has 0 aromatic carbocycles. The van der Waals surface area contributed by atoms with Crippen molar-refractivity contribution in [3.8, 4) is 0 Å². The fourth-order valence-electron chi connectivity index (χ4n) is 3.33. The molecule has 0 aliphatic carbocycles. The van der Waals surface area contributed by atoms with E-state index in [0.29, 0.717) is 10.6 Å². The van der Waals surface area contributed by atoms with Crippen LogP contribution in [-0.4, -0.2) is 29.5 Å². The molecular formula is C13H17ClN2. The Kier molecular flexibility index (Phi) is 2.64. The summed E-state index contributed by atoms with van der Waals surface area (Å²) in [6.07, 6.45) is 7.25. The van der Waals surface area contributed by atoms with E-state index in [-0.39, 0.29) is 0 Å². The summed E-state index contributed by atoms with van der Waals surface area (Å²) < 4.78 is 0. The van der Waals surface area contributed by atoms with Gasteiger partial charge in [-0.25, -0.2) is 4.98 Å². The van der Waals surface area contributed by atoms with Crippen molar-refractivity contribution >= 4 is 11.6 Å². The molecule has 0 unspecified atom stereocenters. The molecule has 0 spiro atoms. The molecule has 16 heavy (non-hydrogen) atoms. The minimum Gasteiger partial charge on any atom is -0.302 e. The summed E-state index contributed by atoms with van der Waals surface area (Å²) in [5.74, 6) is 0. The van der Waals surface area contributed by atoms with Crippen LogP contribution < -0.4 is 0 Å². The first-order valence-corrected chi connectivity index (χ1v) is 6.51. The van der Waals surface area contributed by atoms with Crippen molar-refractivity contribution in [1.29, 1.82) is 0 Å². The van der Waals surface area contributed by atoms with Gasteiger partial charge in [-0.05, 0) is 50.4 Å². The minimum absolute atomic E-state index is 0.369. The Labute approximate surface area is 102 Å². The van der Waals surface area contributed by atoms with Crippen molar-refractivity contribution in [3.63, 3.8) is 0 Å². The third-order valence-corrected chi connectivity index (χ3v) is 4.35. The fraction of sp³-hybridized carbons (Fsp3) is 0.615. The van der Waals surface area contributed by atoms with Crippen molar-refractivity contribution in [2.75, 3.05) is 19.6 Å². The van der Waals surface area contributed by atoms with E-state index in [1.54, 1.807) is 0 Å². The Hall–Kier alpha value is -0.600. The monoisotopic (exact) mass is 236 g/mol. The van der Waals surface area contributed by atoms with E-state index in [2.05, 4.69) is 16.0 Å². The van der Waals surface area contributed by atoms with Crippen LogP contribution in [0.4, 0.5) is 0 Å². The van der Waals surface area contributed by atoms with Crippen molar-refractivity contribution in [2.45, 2.75) is 31.1 Å². The zero-order chi connectivity index (χ0) is 11.0. The molecule has 0 amide bonds. The lowest BCUT2D eigenvalue weighted by Gasteiger charge is -2.47. The maximum absolute atomic E-state index is 5.86. The van der Waals surface area contributed by atoms with Crippen LogP contribution >= 0.6 is 11.6 Å². The van der Waals surface area contributed by atoms with Gasteiger partial charge in [0.05, 0.1) is 0 Å². The summed E-state index contributed by atoms with van der Waals surface area (Å²) in [6.45, 7) is 3.78. The summed E-state index contributed by atoms with van der Waals surface area (Å²) in [5, 5.41) is 0.601. The van der Waals surface area contributed by atoms with Gasteiger partial charge >= 0.3 is 0 Å². The first kappa shape index (κ1) is 10.5. The van der Waals surface area contributed by atoms with Crippen molar-refractivity contribution in [1.82, 2.24) is 9.88 Å². The number of rotatable bonds is 1. The van der Waals surface area contributed by atoms with Crippen LogP contribution in [0.2, 0.25) is 5.15 Å². The van der Waals surface area contributed by atoms with Gasteiger partial charge in [-0.15, -0.1) is 0 Å². The molecule has 1 aromatic rings. The summed E-state index contributed by atoms with van der Waals surface area (Å²) >= 11 is 5.86. The molecular weight excluding hydrogens is 220 g/mol. The lowest BCUT2D eigenvalue weighted by Crippen LogP contribution is -2.50. The fourth-order valence-corrected chi connectivity index (χ4v) is 3.44. The van der Waals surface area contributed by atoms with Gasteiger partial charge in [0.1, 0.15) is 5.15 Å². The third kappa shape index (κ3) is 1.74. The minimum atomic E-state index is 0.369. The van der Waals surface area contributed by atoms with Crippen molar-refractivity contribution < 1.29 is 0 Å². The topological polar surface area (TPSA) is 16.1 Å². The zero-order valence-electron chi connectivity index (χ0n) is 9.45. The average Bonchev–Trinajstić information content (AvgIpc) is 2.30. The number of fused-ring (bicyclic) bond motifs is 2. The molecule has 3 heterocycles. The first-order valence-electron chi connectivity index (χ1n) is 6.13. The number of piperidine rings is 2. The van der Waals surface area contributed by atoms with E-state index in [0.717, 1.165) is 0 Å². The molecule has 3 heteroatoms. The van der Waals surface area contributed by atoms with E-state index in [1.165, 1.54) is 50.9 Å². The number of aromatic nitrogens is 1. The summed E-state index contributed by atoms with van der Waals surface area (Å²) in [5.41, 5.74) is 1.76. The summed E-state index contributed by atoms with van der Waals surface area (Å²) in [6, 6.07) is 4.10. The number of pyridine rings is 1. The SMILES string of the molecule is Clc1ccc(C23CCCN(CCC2)C3)cn1. The Morgan fingerprint density at radius 3 is 2.56 bits per heavy atom. The summed E-state index contributed by atoms with van der Waals surface area (Å²) in [4.78, 5) is 6.84. The molecule has 0 atom stereocenters. The molecule has 2 aliphatic rings. The van der Waals surface area contributed by atoms with Gasteiger partial charge in [-0.2, -0.15) is 0 Å². The highest BCUT2D eigenvalue weighted by Gasteiger charge is 2.39. The van der Waals surface area contributed by atoms with Gasteiger partial charge < -0.3 is 4.90 Å². The largest absolute Gasteiger partial charge is 0.302 e. The van der Waals surface area contributed by atoms with Crippen LogP contribution in [0.3, 0.4) is 0 Å². The second-order valence-corrected chi connectivity index (χ2v) is 5.52. The number of hydrogen-bond donors (Lipinski definition) is 0. The predicted octanol–water partition coefficient (Wildman–Crippen LogP) is 2.86. The van der Waals surface area contributed by atoms with Crippen LogP contribution in [0.15, 0.2) is 18.3 Å². The third-order valence-electron chi connectivity index (χ3n) is 4.13. The van der Waals surface area contributed by atoms with Crippen molar-refractivity contribution in [3.05, 3.63) is 29.0 Å². The molecule has 2 aliphatic heterocycles. The lowest BCUT2D eigenvalue weighted by atomic mass is 9.69.